The Balaban J connectivity index is 0.000000135. The second-order valence-corrected chi connectivity index (χ2v) is 32.3. The van der Waals surface area contributed by atoms with E-state index >= 15 is 0 Å². The molecule has 8 aromatic heterocycles. The largest absolute Gasteiger partial charge is 0.354 e. The standard InChI is InChI=1S/C40H41FN10O3.C25H26FN7.C22H23N3O6S/c41-28-8-3-7-27(25-28)30-12-5-19-48(30)37-16-15-35-42-26-34(51(35)45-37)29-9-4-13-36(43-29)47-23-21-46(22-24-47)18-6-20-49-31-10-1-2-11-32(31)50(40(49)54)33-14-17-38(52)44-39(33)53;26-19-5-1-4-18(16-19)21-7-3-13-32(21)25-10-9-23-28-17-22(33(23)30-25)20-6-2-8-24(29-20)31-14-11-27-12-15-31;1-15-7-9-16(10-8-15)32(29,30)31-14-4-13-24-17-5-2-3-6-18(17)25(22(24)28)19-11-12-20(26)23-21(19)27/h1-4,7-11,13,15-16,25-26,30,33H,5-6,12,14,17-24H2,(H,44,52,53);1-2,4-6,8-10,16-17,21,27H,3,7,11-15H2;2-3,5-10,19H,4,11-14H2,1H3,(H,23,26,27)/t30-,33?;21-;/m11./s1. The van der Waals surface area contributed by atoms with E-state index in [1.54, 1.807) is 69.8 Å². The van der Waals surface area contributed by atoms with E-state index in [2.05, 4.69) is 56.5 Å². The molecule has 0 radical (unpaired) electrons. The number of hydrogen-bond donors (Lipinski definition) is 3. The lowest BCUT2D eigenvalue weighted by molar-refractivity contribution is -0.137. The Morgan fingerprint density at radius 3 is 1.42 bits per heavy atom. The Morgan fingerprint density at radius 1 is 0.462 bits per heavy atom. The molecule has 0 saturated carbocycles. The number of carbonyl (C=O) groups is 4. The van der Waals surface area contributed by atoms with Crippen molar-refractivity contribution in [3.8, 4) is 22.8 Å². The van der Waals surface area contributed by atoms with E-state index in [1.165, 1.54) is 33.4 Å². The van der Waals surface area contributed by atoms with E-state index < -0.39 is 34.0 Å². The summed E-state index contributed by atoms with van der Waals surface area (Å²) < 4.78 is 67.7. The molecule has 5 aromatic carbocycles. The van der Waals surface area contributed by atoms with Gasteiger partial charge in [0, 0.05) is 91.4 Å². The van der Waals surface area contributed by atoms with Crippen LogP contribution in [0.5, 0.6) is 0 Å². The van der Waals surface area contributed by atoms with Gasteiger partial charge in [-0.1, -0.05) is 78.4 Å². The number of aryl methyl sites for hydroxylation is 3. The maximum absolute atomic E-state index is 14.1. The Morgan fingerprint density at radius 2 is 0.933 bits per heavy atom. The van der Waals surface area contributed by atoms with Crippen molar-refractivity contribution in [3.05, 3.63) is 244 Å². The number of fused-ring (bicyclic) bond motifs is 4. The van der Waals surface area contributed by atoms with Crippen LogP contribution in [-0.4, -0.2) is 173 Å². The fraction of sp³-hybridized carbons (Fsp3) is 0.333. The summed E-state index contributed by atoms with van der Waals surface area (Å²) in [6.07, 6.45) is 9.62. The summed E-state index contributed by atoms with van der Waals surface area (Å²) in [5, 5.41) is 18.0. The van der Waals surface area contributed by atoms with Crippen LogP contribution in [0, 0.1) is 18.6 Å². The minimum atomic E-state index is -3.89. The van der Waals surface area contributed by atoms with Crippen LogP contribution in [0.3, 0.4) is 0 Å². The summed E-state index contributed by atoms with van der Waals surface area (Å²) in [4.78, 5) is 106. The number of carbonyl (C=O) groups excluding carboxylic acids is 4. The van der Waals surface area contributed by atoms with Crippen molar-refractivity contribution < 1.29 is 40.6 Å². The molecule has 4 amide bonds. The highest BCUT2D eigenvalue weighted by Crippen LogP contribution is 2.39. The Kier molecular flexibility index (Phi) is 22.9. The molecule has 6 aliphatic rings. The molecule has 6 saturated heterocycles. The SMILES string of the molecule is Cc1ccc(S(=O)(=O)OCCCn2c(=O)n(C3CCC(=O)NC3=O)c3ccccc32)cc1.Fc1cccc([C@H]2CCCN2c2ccc3ncc(-c4cccc(N5CCNCC5)n4)n3n2)c1.O=C1CCC(n2c(=O)n(CCCN3CCN(c4cccc(-c5cnc6ccc(N7CCC[C@@H]7c7cccc(F)c7)nn56)n4)CC3)c3ccccc32)C(=O)N1. The van der Waals surface area contributed by atoms with E-state index in [1.807, 2.05) is 119 Å². The van der Waals surface area contributed by atoms with Gasteiger partial charge in [0.25, 0.3) is 10.1 Å². The second-order valence-electron chi connectivity index (χ2n) is 30.7. The van der Waals surface area contributed by atoms with Crippen molar-refractivity contribution >= 4 is 90.4 Å². The highest BCUT2D eigenvalue weighted by molar-refractivity contribution is 7.86. The van der Waals surface area contributed by atoms with Crippen molar-refractivity contribution in [1.29, 1.82) is 0 Å². The van der Waals surface area contributed by atoms with E-state index in [-0.39, 0.29) is 90.6 Å². The first-order valence-corrected chi connectivity index (χ1v) is 42.0. The van der Waals surface area contributed by atoms with Crippen molar-refractivity contribution in [2.75, 3.05) is 98.2 Å². The van der Waals surface area contributed by atoms with Gasteiger partial charge in [-0.15, -0.1) is 10.2 Å². The molecule has 13 aromatic rings. The minimum Gasteiger partial charge on any atom is -0.354 e. The number of nitrogens with one attached hydrogen (secondary N) is 3. The highest BCUT2D eigenvalue weighted by atomic mass is 32.2. The lowest BCUT2D eigenvalue weighted by Gasteiger charge is -2.35. The predicted octanol–water partition coefficient (Wildman–Crippen LogP) is 10.1. The summed E-state index contributed by atoms with van der Waals surface area (Å²) in [5.74, 6) is 1.57. The molecule has 3 N–H and O–H groups in total. The Hall–Kier alpha value is -12.7. The molecular formula is C87H90F2N20O9S. The number of pyridine rings is 2. The molecular weight excluding hydrogens is 1540 g/mol. The number of hydrogen-bond acceptors (Lipinski definition) is 21. The molecule has 0 aliphatic carbocycles. The number of rotatable bonds is 20. The minimum absolute atomic E-state index is 0.0625. The number of para-hydroxylation sites is 4. The van der Waals surface area contributed by atoms with Gasteiger partial charge in [0.1, 0.15) is 58.4 Å². The van der Waals surface area contributed by atoms with Crippen LogP contribution in [-0.2, 0) is 46.6 Å². The molecule has 0 bridgehead atoms. The zero-order valence-electron chi connectivity index (χ0n) is 65.7. The first-order chi connectivity index (χ1) is 57.9. The number of aromatic nitrogens is 12. The number of imide groups is 2. The topological polar surface area (TPSA) is 304 Å². The van der Waals surface area contributed by atoms with Crippen molar-refractivity contribution in [2.45, 2.75) is 113 Å². The van der Waals surface area contributed by atoms with Crippen LogP contribution in [0.15, 0.2) is 209 Å². The lowest BCUT2D eigenvalue weighted by atomic mass is 10.0. The third-order valence-electron chi connectivity index (χ3n) is 23.1. The number of nitrogens with zero attached hydrogens (tertiary/aromatic N) is 17. The van der Waals surface area contributed by atoms with Gasteiger partial charge in [-0.2, -0.15) is 8.42 Å². The summed E-state index contributed by atoms with van der Waals surface area (Å²) in [7, 11) is -3.89. The van der Waals surface area contributed by atoms with Crippen LogP contribution in [0.25, 0.3) is 56.1 Å². The van der Waals surface area contributed by atoms with Gasteiger partial charge in [-0.3, -0.25) is 57.2 Å². The summed E-state index contributed by atoms with van der Waals surface area (Å²) in [6, 6.07) is 53.6. The number of imidazole rings is 4. The van der Waals surface area contributed by atoms with Gasteiger partial charge in [0.2, 0.25) is 23.6 Å². The molecule has 32 heteroatoms. The average molecular weight is 1630 g/mol. The third kappa shape index (κ3) is 16.7. The monoisotopic (exact) mass is 1630 g/mol. The van der Waals surface area contributed by atoms with Gasteiger partial charge in [-0.05, 0) is 185 Å². The van der Waals surface area contributed by atoms with Gasteiger partial charge in [0.15, 0.2) is 11.3 Å². The van der Waals surface area contributed by atoms with Gasteiger partial charge < -0.3 is 24.9 Å². The fourth-order valence-corrected chi connectivity index (χ4v) is 18.1. The molecule has 6 fully saturated rings. The zero-order chi connectivity index (χ0) is 81.8. The Bertz CT molecular complexity index is 6210. The summed E-state index contributed by atoms with van der Waals surface area (Å²) in [6.45, 7) is 12.3. The van der Waals surface area contributed by atoms with Gasteiger partial charge in [0.05, 0.1) is 69.4 Å². The second kappa shape index (κ2) is 34.5. The number of anilines is 4. The highest BCUT2D eigenvalue weighted by Gasteiger charge is 2.36. The van der Waals surface area contributed by atoms with Crippen molar-refractivity contribution in [1.82, 2.24) is 78.3 Å². The fourth-order valence-electron chi connectivity index (χ4n) is 17.1. The summed E-state index contributed by atoms with van der Waals surface area (Å²) in [5.41, 5.74) is 9.84. The molecule has 0 spiro atoms. The molecule has 119 heavy (non-hydrogen) atoms. The van der Waals surface area contributed by atoms with Crippen LogP contribution in [0.2, 0.25) is 0 Å². The van der Waals surface area contributed by atoms with Gasteiger partial charge in [-0.25, -0.2) is 47.3 Å². The number of halogens is 2. The number of piperazine rings is 2. The van der Waals surface area contributed by atoms with E-state index in [4.69, 9.17) is 24.3 Å². The van der Waals surface area contributed by atoms with Gasteiger partial charge >= 0.3 is 11.4 Å². The first kappa shape index (κ1) is 78.8. The van der Waals surface area contributed by atoms with E-state index in [0.717, 1.165) is 184 Å². The molecule has 4 atom stereocenters. The molecule has 612 valence electrons. The number of benzene rings is 5. The maximum atomic E-state index is 14.1. The third-order valence-corrected chi connectivity index (χ3v) is 24.4. The first-order valence-electron chi connectivity index (χ1n) is 40.6. The van der Waals surface area contributed by atoms with Crippen LogP contribution in [0.1, 0.15) is 105 Å². The van der Waals surface area contributed by atoms with Crippen LogP contribution < -0.4 is 46.9 Å². The number of piperidine rings is 2. The van der Waals surface area contributed by atoms with E-state index in [0.29, 0.717) is 29.5 Å². The molecule has 6 aliphatic heterocycles. The quantitative estimate of drug-likeness (QED) is 0.0363. The van der Waals surface area contributed by atoms with Crippen molar-refractivity contribution in [3.63, 3.8) is 0 Å². The maximum Gasteiger partial charge on any atom is 0.329 e. The average Bonchev–Trinajstić information content (AvgIpc) is 1.60. The summed E-state index contributed by atoms with van der Waals surface area (Å²) >= 11 is 0. The molecule has 2 unspecified atom stereocenters. The number of amides is 4. The zero-order valence-corrected chi connectivity index (χ0v) is 66.5. The smallest absolute Gasteiger partial charge is 0.329 e. The van der Waals surface area contributed by atoms with Crippen LogP contribution in [0.4, 0.5) is 32.1 Å². The molecule has 29 nitrogen and oxygen atoms in total. The Labute approximate surface area is 683 Å². The van der Waals surface area contributed by atoms with Crippen LogP contribution >= 0.6 is 0 Å². The molecule has 14 heterocycles. The lowest BCUT2D eigenvalue weighted by Crippen LogP contribution is -2.47. The normalized spacial score (nSPS) is 18.7. The van der Waals surface area contributed by atoms with E-state index in [9.17, 15) is 46.0 Å². The predicted molar refractivity (Wildman–Crippen MR) is 446 cm³/mol. The molecule has 19 rings (SSSR count). The van der Waals surface area contributed by atoms with Crippen molar-refractivity contribution in [2.24, 2.45) is 0 Å².